The molecule has 1 atom stereocenters. The van der Waals surface area contributed by atoms with Crippen LogP contribution in [0.1, 0.15) is 14.5 Å². The number of aromatic carboxylic acids is 1. The predicted molar refractivity (Wildman–Crippen MR) is 54.4 cm³/mol. The molecule has 1 aromatic heterocycles. The van der Waals surface area contributed by atoms with Gasteiger partial charge in [-0.05, 0) is 13.0 Å². The smallest absolute Gasteiger partial charge is 0.348 e. The summed E-state index contributed by atoms with van der Waals surface area (Å²) in [4.78, 5) is 11.6. The average Bonchev–Trinajstić information content (AvgIpc) is 2.46. The van der Waals surface area contributed by atoms with Gasteiger partial charge in [0, 0.05) is 11.9 Å². The third kappa shape index (κ3) is 2.99. The molecule has 0 aromatic carbocycles. The molecular weight excluding hydrogens is 242 g/mol. The van der Waals surface area contributed by atoms with E-state index in [4.69, 9.17) is 5.11 Å². The van der Waals surface area contributed by atoms with E-state index >= 15 is 0 Å². The molecule has 0 aliphatic heterocycles. The number of thiophene rings is 1. The number of hydrogen-bond acceptors (Lipinski definition) is 6. The lowest BCUT2D eigenvalue weighted by Crippen LogP contribution is -2.20. The summed E-state index contributed by atoms with van der Waals surface area (Å²) in [5.74, 6) is -1.12. The summed E-state index contributed by atoms with van der Waals surface area (Å²) in [6.45, 7) is 1.72. The van der Waals surface area contributed by atoms with Crippen LogP contribution in [0.15, 0.2) is 6.07 Å². The van der Waals surface area contributed by atoms with Crippen LogP contribution < -0.4 is 5.06 Å². The Kier molecular flexibility index (Phi) is 3.80. The molecule has 0 amide bonds. The Hall–Kier alpha value is -0.960. The molecule has 1 N–H and O–H groups in total. The van der Waals surface area contributed by atoms with E-state index in [2.05, 4.69) is 4.28 Å². The Bertz CT molecular complexity index is 402. The van der Waals surface area contributed by atoms with Gasteiger partial charge in [0.1, 0.15) is 16.2 Å². The lowest BCUT2D eigenvalue weighted by Gasteiger charge is -2.18. The van der Waals surface area contributed by atoms with Crippen molar-refractivity contribution in [2.75, 3.05) is 12.1 Å². The van der Waals surface area contributed by atoms with Crippen LogP contribution in [0.5, 0.6) is 0 Å². The lowest BCUT2D eigenvalue weighted by molar-refractivity contribution is 0.0701. The number of hydrogen-bond donors (Lipinski definition) is 1. The van der Waals surface area contributed by atoms with E-state index in [1.165, 1.54) is 7.05 Å². The molecule has 0 fully saturated rings. The van der Waals surface area contributed by atoms with Crippen LogP contribution >= 0.6 is 11.3 Å². The first-order chi connectivity index (χ1) is 6.91. The monoisotopic (exact) mass is 250 g/mol. The van der Waals surface area contributed by atoms with Crippen LogP contribution in [0.25, 0.3) is 0 Å². The molecule has 84 valence electrons. The van der Waals surface area contributed by atoms with Crippen LogP contribution in [0.2, 0.25) is 0 Å². The van der Waals surface area contributed by atoms with Gasteiger partial charge in [0.05, 0.1) is 5.69 Å². The third-order valence-corrected chi connectivity index (χ3v) is 2.91. The molecule has 8 heteroatoms. The van der Waals surface area contributed by atoms with E-state index < -0.39 is 17.3 Å². The Labute approximate surface area is 92.5 Å². The normalized spacial score (nSPS) is 12.5. The third-order valence-electron chi connectivity index (χ3n) is 1.54. The molecule has 1 heterocycles. The van der Waals surface area contributed by atoms with E-state index in [9.17, 15) is 13.6 Å². The highest BCUT2D eigenvalue weighted by Gasteiger charge is 2.17. The zero-order valence-electron chi connectivity index (χ0n) is 7.92. The van der Waals surface area contributed by atoms with Crippen molar-refractivity contribution in [2.24, 2.45) is 0 Å². The minimum Gasteiger partial charge on any atom is -0.748 e. The van der Waals surface area contributed by atoms with Crippen molar-refractivity contribution in [1.29, 1.82) is 0 Å². The van der Waals surface area contributed by atoms with Crippen LogP contribution in [0.3, 0.4) is 0 Å². The van der Waals surface area contributed by atoms with Crippen LogP contribution in [0.4, 0.5) is 5.69 Å². The lowest BCUT2D eigenvalue weighted by atomic mass is 10.3. The largest absolute Gasteiger partial charge is 0.748 e. The van der Waals surface area contributed by atoms with Crippen molar-refractivity contribution in [3.63, 3.8) is 0 Å². The van der Waals surface area contributed by atoms with Crippen molar-refractivity contribution in [2.45, 2.75) is 6.92 Å². The highest BCUT2D eigenvalue weighted by Crippen LogP contribution is 2.29. The Morgan fingerprint density at radius 3 is 2.80 bits per heavy atom. The first-order valence-corrected chi connectivity index (χ1v) is 5.58. The van der Waals surface area contributed by atoms with Crippen molar-refractivity contribution < 1.29 is 22.9 Å². The summed E-state index contributed by atoms with van der Waals surface area (Å²) >= 11 is -1.67. The maximum absolute atomic E-state index is 10.8. The molecule has 6 nitrogen and oxygen atoms in total. The minimum atomic E-state index is -2.72. The van der Waals surface area contributed by atoms with Crippen LogP contribution in [0, 0.1) is 6.92 Å². The SMILES string of the molecule is Cc1cc(N(C)OS(=O)[O-])c(C(=O)O)s1. The molecule has 0 saturated heterocycles. The number of carboxylic acid groups (broad SMARTS) is 1. The fraction of sp³-hybridized carbons (Fsp3) is 0.286. The maximum atomic E-state index is 10.8. The van der Waals surface area contributed by atoms with E-state index in [0.29, 0.717) is 0 Å². The summed E-state index contributed by atoms with van der Waals surface area (Å²) in [7, 11) is 1.32. The first kappa shape index (κ1) is 12.1. The topological polar surface area (TPSA) is 89.9 Å². The standard InChI is InChI=1S/C7H9NO5S2/c1-4-3-5(6(14-4)7(9)10)8(2)13-15(11)12/h3H,1-2H3,(H,9,10)(H,11,12)/p-1. The highest BCUT2D eigenvalue weighted by molar-refractivity contribution is 7.74. The van der Waals surface area contributed by atoms with Crippen molar-refractivity contribution in [3.05, 3.63) is 15.8 Å². The van der Waals surface area contributed by atoms with Gasteiger partial charge in [0.25, 0.3) is 0 Å². The van der Waals surface area contributed by atoms with Crippen LogP contribution in [-0.2, 0) is 15.6 Å². The first-order valence-electron chi connectivity index (χ1n) is 3.77. The molecule has 1 aromatic rings. The molecule has 15 heavy (non-hydrogen) atoms. The Morgan fingerprint density at radius 1 is 1.73 bits per heavy atom. The number of carboxylic acids is 1. The molecule has 0 spiro atoms. The molecule has 0 saturated carbocycles. The van der Waals surface area contributed by atoms with Crippen molar-refractivity contribution in [3.8, 4) is 0 Å². The second-order valence-corrected chi connectivity index (χ2v) is 4.47. The van der Waals surface area contributed by atoms with Gasteiger partial charge in [-0.2, -0.15) is 4.28 Å². The van der Waals surface area contributed by atoms with Gasteiger partial charge in [0.15, 0.2) is 0 Å². The second-order valence-electron chi connectivity index (χ2n) is 2.65. The van der Waals surface area contributed by atoms with Gasteiger partial charge in [-0.1, -0.05) is 0 Å². The highest BCUT2D eigenvalue weighted by atomic mass is 32.2. The average molecular weight is 250 g/mol. The molecule has 1 unspecified atom stereocenters. The van der Waals surface area contributed by atoms with Gasteiger partial charge < -0.3 is 9.66 Å². The molecule has 0 aliphatic carbocycles. The van der Waals surface area contributed by atoms with Gasteiger partial charge in [-0.3, -0.25) is 0 Å². The fourth-order valence-corrected chi connectivity index (χ4v) is 2.15. The van der Waals surface area contributed by atoms with E-state index in [0.717, 1.165) is 21.3 Å². The van der Waals surface area contributed by atoms with Gasteiger partial charge >= 0.3 is 5.97 Å². The number of hydroxylamine groups is 1. The Morgan fingerprint density at radius 2 is 2.33 bits per heavy atom. The summed E-state index contributed by atoms with van der Waals surface area (Å²) in [6, 6.07) is 1.54. The van der Waals surface area contributed by atoms with E-state index in [1.54, 1.807) is 13.0 Å². The Balaban J connectivity index is 3.01. The summed E-state index contributed by atoms with van der Waals surface area (Å²) < 4.78 is 24.9. The quantitative estimate of drug-likeness (QED) is 0.631. The zero-order valence-corrected chi connectivity index (χ0v) is 9.55. The van der Waals surface area contributed by atoms with Crippen LogP contribution in [-0.4, -0.2) is 26.9 Å². The number of rotatable bonds is 4. The fourth-order valence-electron chi connectivity index (χ4n) is 1.02. The van der Waals surface area contributed by atoms with Crippen molar-refractivity contribution in [1.82, 2.24) is 0 Å². The van der Waals surface area contributed by atoms with Gasteiger partial charge in [-0.25, -0.2) is 14.1 Å². The minimum absolute atomic E-state index is 0.0421. The van der Waals surface area contributed by atoms with E-state index in [-0.39, 0.29) is 10.6 Å². The molecular formula is C7H8NO5S2-. The molecule has 0 bridgehead atoms. The summed E-state index contributed by atoms with van der Waals surface area (Å²) in [5.41, 5.74) is 0.217. The van der Waals surface area contributed by atoms with Gasteiger partial charge in [-0.15, -0.1) is 11.3 Å². The number of aryl methyl sites for hydroxylation is 1. The number of anilines is 1. The predicted octanol–water partition coefficient (Wildman–Crippen LogP) is 0.917. The summed E-state index contributed by atoms with van der Waals surface area (Å²) in [6.07, 6.45) is 0. The van der Waals surface area contributed by atoms with Crippen molar-refractivity contribution >= 4 is 34.4 Å². The second kappa shape index (κ2) is 4.71. The zero-order chi connectivity index (χ0) is 11.6. The molecule has 0 aliphatic rings. The van der Waals surface area contributed by atoms with Gasteiger partial charge in [0.2, 0.25) is 0 Å². The van der Waals surface area contributed by atoms with E-state index in [1.807, 2.05) is 0 Å². The molecule has 1 rings (SSSR count). The summed E-state index contributed by atoms with van der Waals surface area (Å²) in [5, 5.41) is 9.74. The number of nitrogens with zero attached hydrogens (tertiary/aromatic N) is 1. The molecule has 0 radical (unpaired) electrons. The maximum Gasteiger partial charge on any atom is 0.348 e. The number of carbonyl (C=O) groups is 1.